The summed E-state index contributed by atoms with van der Waals surface area (Å²) < 4.78 is 25.1. The highest BCUT2D eigenvalue weighted by atomic mass is 35.5. The molecule has 0 aromatic heterocycles. The molecule has 2 N–H and O–H groups in total. The van der Waals surface area contributed by atoms with Crippen LogP contribution in [-0.4, -0.2) is 37.6 Å². The fraction of sp³-hybridized carbons (Fsp3) is 1.00. The minimum atomic E-state index is -2.93. The summed E-state index contributed by atoms with van der Waals surface area (Å²) in [5, 5.41) is -0.0657. The number of rotatable bonds is 3. The van der Waals surface area contributed by atoms with Gasteiger partial charge in [0.25, 0.3) is 0 Å². The van der Waals surface area contributed by atoms with Crippen molar-refractivity contribution in [1.29, 1.82) is 0 Å². The molecular weight excluding hydrogens is 224 g/mol. The molecule has 14 heavy (non-hydrogen) atoms. The van der Waals surface area contributed by atoms with Gasteiger partial charge in [0.05, 0.1) is 5.25 Å². The minimum Gasteiger partial charge on any atom is -0.330 e. The number of hydrogen-bond acceptors (Lipinski definition) is 3. The Labute approximate surface area is 91.3 Å². The van der Waals surface area contributed by atoms with Gasteiger partial charge in [0, 0.05) is 13.1 Å². The maximum atomic E-state index is 11.7. The van der Waals surface area contributed by atoms with Crippen molar-refractivity contribution in [1.82, 2.24) is 4.31 Å². The first-order chi connectivity index (χ1) is 6.14. The summed E-state index contributed by atoms with van der Waals surface area (Å²) in [4.78, 5) is 0. The molecule has 1 heterocycles. The molecule has 1 unspecified atom stereocenters. The average molecular weight is 241 g/mol. The van der Waals surface area contributed by atoms with Gasteiger partial charge in [-0.1, -0.05) is 0 Å². The van der Waals surface area contributed by atoms with Gasteiger partial charge >= 0.3 is 0 Å². The Bertz CT molecular complexity index is 290. The first-order valence-corrected chi connectivity index (χ1v) is 6.34. The summed E-state index contributed by atoms with van der Waals surface area (Å²) >= 11 is 0. The van der Waals surface area contributed by atoms with Gasteiger partial charge in [-0.3, -0.25) is 0 Å². The van der Waals surface area contributed by atoms with Crippen LogP contribution in [0.1, 0.15) is 19.3 Å². The third-order valence-electron chi connectivity index (χ3n) is 2.89. The van der Waals surface area contributed by atoms with Crippen LogP contribution in [0, 0.1) is 5.92 Å². The summed E-state index contributed by atoms with van der Waals surface area (Å²) in [7, 11) is -2.93. The van der Waals surface area contributed by atoms with Gasteiger partial charge in [-0.25, -0.2) is 12.7 Å². The lowest BCUT2D eigenvalue weighted by Crippen LogP contribution is -2.32. The van der Waals surface area contributed by atoms with E-state index in [4.69, 9.17) is 5.73 Å². The molecule has 2 fully saturated rings. The zero-order valence-electron chi connectivity index (χ0n) is 8.05. The van der Waals surface area contributed by atoms with Gasteiger partial charge in [0.1, 0.15) is 0 Å². The Morgan fingerprint density at radius 3 is 2.36 bits per heavy atom. The van der Waals surface area contributed by atoms with Crippen molar-refractivity contribution in [3.63, 3.8) is 0 Å². The second kappa shape index (κ2) is 4.35. The minimum absolute atomic E-state index is 0. The van der Waals surface area contributed by atoms with Gasteiger partial charge in [-0.05, 0) is 31.7 Å². The second-order valence-corrected chi connectivity index (χ2v) is 6.21. The van der Waals surface area contributed by atoms with Gasteiger partial charge in [-0.2, -0.15) is 0 Å². The number of nitrogens with zero attached hydrogens (tertiary/aromatic N) is 1. The molecule has 2 aliphatic rings. The number of sulfonamides is 1. The fourth-order valence-corrected chi connectivity index (χ4v) is 3.73. The number of nitrogens with two attached hydrogens (primary N) is 1. The monoisotopic (exact) mass is 240 g/mol. The highest BCUT2D eigenvalue weighted by molar-refractivity contribution is 7.90. The van der Waals surface area contributed by atoms with Crippen molar-refractivity contribution in [2.45, 2.75) is 24.5 Å². The van der Waals surface area contributed by atoms with Crippen LogP contribution in [0.5, 0.6) is 0 Å². The highest BCUT2D eigenvalue weighted by Gasteiger charge is 2.42. The molecule has 0 aromatic carbocycles. The Morgan fingerprint density at radius 2 is 1.93 bits per heavy atom. The lowest BCUT2D eigenvalue weighted by molar-refractivity contribution is 0.458. The molecule has 0 amide bonds. The molecule has 1 saturated heterocycles. The van der Waals surface area contributed by atoms with Crippen LogP contribution >= 0.6 is 12.4 Å². The average Bonchev–Trinajstić information content (AvgIpc) is 2.84. The molecule has 1 saturated carbocycles. The molecule has 84 valence electrons. The standard InChI is InChI=1S/C8H16N2O2S.ClH/c9-5-7-3-4-10(6-7)13(11,12)8-1-2-8;/h7-8H,1-6,9H2;1H. The number of halogens is 1. The molecule has 1 atom stereocenters. The van der Waals surface area contributed by atoms with Crippen molar-refractivity contribution in [2.75, 3.05) is 19.6 Å². The normalized spacial score (nSPS) is 28.8. The van der Waals surface area contributed by atoms with Crippen LogP contribution in [0.15, 0.2) is 0 Å². The Hall–Kier alpha value is 0.160. The quantitative estimate of drug-likeness (QED) is 0.766. The second-order valence-electron chi connectivity index (χ2n) is 3.99. The van der Waals surface area contributed by atoms with Crippen molar-refractivity contribution in [3.05, 3.63) is 0 Å². The van der Waals surface area contributed by atoms with E-state index in [-0.39, 0.29) is 17.7 Å². The molecule has 0 spiro atoms. The highest BCUT2D eigenvalue weighted by Crippen LogP contribution is 2.33. The molecular formula is C8H17ClN2O2S. The van der Waals surface area contributed by atoms with Crippen LogP contribution in [0.3, 0.4) is 0 Å². The van der Waals surface area contributed by atoms with Gasteiger partial charge in [0.15, 0.2) is 0 Å². The summed E-state index contributed by atoms with van der Waals surface area (Å²) in [6, 6.07) is 0. The van der Waals surface area contributed by atoms with Crippen molar-refractivity contribution in [3.8, 4) is 0 Å². The molecule has 0 radical (unpaired) electrons. The molecule has 1 aliphatic carbocycles. The van der Waals surface area contributed by atoms with Crippen molar-refractivity contribution >= 4 is 22.4 Å². The molecule has 4 nitrogen and oxygen atoms in total. The van der Waals surface area contributed by atoms with Gasteiger partial charge < -0.3 is 5.73 Å². The van der Waals surface area contributed by atoms with Crippen LogP contribution < -0.4 is 5.73 Å². The smallest absolute Gasteiger partial charge is 0.216 e. The Balaban J connectivity index is 0.000000980. The SMILES string of the molecule is Cl.NCC1CCN(S(=O)(=O)C2CC2)C1. The van der Waals surface area contributed by atoms with E-state index < -0.39 is 10.0 Å². The van der Waals surface area contributed by atoms with Crippen molar-refractivity contribution in [2.24, 2.45) is 11.7 Å². The topological polar surface area (TPSA) is 63.4 Å². The molecule has 0 bridgehead atoms. The largest absolute Gasteiger partial charge is 0.330 e. The van der Waals surface area contributed by atoms with E-state index >= 15 is 0 Å². The predicted octanol–water partition coefficient (Wildman–Crippen LogP) is 0.181. The van der Waals surface area contributed by atoms with Crippen LogP contribution in [-0.2, 0) is 10.0 Å². The third kappa shape index (κ3) is 2.21. The van der Waals surface area contributed by atoms with E-state index in [2.05, 4.69) is 0 Å². The summed E-state index contributed by atoms with van der Waals surface area (Å²) in [5.74, 6) is 0.383. The maximum absolute atomic E-state index is 11.7. The summed E-state index contributed by atoms with van der Waals surface area (Å²) in [6.07, 6.45) is 2.64. The predicted molar refractivity (Wildman–Crippen MR) is 57.9 cm³/mol. The van der Waals surface area contributed by atoms with E-state index in [1.807, 2.05) is 0 Å². The van der Waals surface area contributed by atoms with Gasteiger partial charge in [0.2, 0.25) is 10.0 Å². The molecule has 2 rings (SSSR count). The summed E-state index contributed by atoms with van der Waals surface area (Å²) in [5.41, 5.74) is 5.51. The fourth-order valence-electron chi connectivity index (χ4n) is 1.80. The lowest BCUT2D eigenvalue weighted by atomic mass is 10.1. The molecule has 6 heteroatoms. The van der Waals surface area contributed by atoms with E-state index in [1.54, 1.807) is 4.31 Å². The first-order valence-electron chi connectivity index (χ1n) is 4.83. The van der Waals surface area contributed by atoms with Crippen LogP contribution in [0.2, 0.25) is 0 Å². The zero-order valence-corrected chi connectivity index (χ0v) is 9.69. The Kier molecular flexibility index (Phi) is 3.80. The lowest BCUT2D eigenvalue weighted by Gasteiger charge is -2.15. The third-order valence-corrected chi connectivity index (χ3v) is 5.25. The molecule has 0 aromatic rings. The zero-order chi connectivity index (χ0) is 9.47. The van der Waals surface area contributed by atoms with E-state index in [0.717, 1.165) is 19.3 Å². The van der Waals surface area contributed by atoms with Crippen LogP contribution in [0.4, 0.5) is 0 Å². The van der Waals surface area contributed by atoms with E-state index in [9.17, 15) is 8.42 Å². The van der Waals surface area contributed by atoms with E-state index in [1.165, 1.54) is 0 Å². The Morgan fingerprint density at radius 1 is 1.29 bits per heavy atom. The summed E-state index contributed by atoms with van der Waals surface area (Å²) in [6.45, 7) is 1.94. The number of hydrogen-bond donors (Lipinski definition) is 1. The van der Waals surface area contributed by atoms with Crippen molar-refractivity contribution < 1.29 is 8.42 Å². The molecule has 1 aliphatic heterocycles. The maximum Gasteiger partial charge on any atom is 0.216 e. The van der Waals surface area contributed by atoms with E-state index in [0.29, 0.717) is 25.6 Å². The first kappa shape index (κ1) is 12.2. The van der Waals surface area contributed by atoms with Gasteiger partial charge in [-0.15, -0.1) is 12.4 Å². The van der Waals surface area contributed by atoms with Crippen LogP contribution in [0.25, 0.3) is 0 Å².